The summed E-state index contributed by atoms with van der Waals surface area (Å²) in [5.74, 6) is 0.377. The summed E-state index contributed by atoms with van der Waals surface area (Å²) in [6.45, 7) is 2.63. The van der Waals surface area contributed by atoms with Gasteiger partial charge in [0.15, 0.2) is 5.78 Å². The Morgan fingerprint density at radius 3 is 2.80 bits per heavy atom. The number of carbonyl (C=O) groups excluding carboxylic acids is 1. The van der Waals surface area contributed by atoms with Gasteiger partial charge >= 0.3 is 0 Å². The summed E-state index contributed by atoms with van der Waals surface area (Å²) >= 11 is 0. The summed E-state index contributed by atoms with van der Waals surface area (Å²) < 4.78 is 0. The molecule has 0 aliphatic carbocycles. The predicted octanol–water partition coefficient (Wildman–Crippen LogP) is 1.11. The third kappa shape index (κ3) is 3.32. The van der Waals surface area contributed by atoms with Gasteiger partial charge in [-0.25, -0.2) is 4.98 Å². The summed E-state index contributed by atoms with van der Waals surface area (Å²) in [4.78, 5) is 17.7. The number of rotatable bonds is 4. The van der Waals surface area contributed by atoms with Crippen LogP contribution in [0, 0.1) is 6.92 Å². The summed E-state index contributed by atoms with van der Waals surface area (Å²) in [6.07, 6.45) is 2.14. The summed E-state index contributed by atoms with van der Waals surface area (Å²) in [7, 11) is 3.87. The van der Waals surface area contributed by atoms with Gasteiger partial charge in [-0.15, -0.1) is 0 Å². The predicted molar refractivity (Wildman–Crippen MR) is 60.9 cm³/mol. The zero-order chi connectivity index (χ0) is 11.4. The van der Waals surface area contributed by atoms with Gasteiger partial charge in [0, 0.05) is 19.2 Å². The van der Waals surface area contributed by atoms with Crippen LogP contribution in [0.25, 0.3) is 0 Å². The zero-order valence-electron chi connectivity index (χ0n) is 9.45. The van der Waals surface area contributed by atoms with Crippen LogP contribution in [0.15, 0.2) is 12.3 Å². The monoisotopic (exact) mass is 207 g/mol. The highest BCUT2D eigenvalue weighted by Crippen LogP contribution is 2.12. The van der Waals surface area contributed by atoms with Crippen molar-refractivity contribution >= 4 is 11.6 Å². The lowest BCUT2D eigenvalue weighted by Gasteiger charge is -2.09. The molecule has 1 aromatic heterocycles. The summed E-state index contributed by atoms with van der Waals surface area (Å²) in [6, 6.07) is 1.79. The molecule has 0 unspecified atom stereocenters. The normalized spacial score (nSPS) is 10.7. The molecule has 0 aromatic carbocycles. The fraction of sp³-hybridized carbons (Fsp3) is 0.455. The van der Waals surface area contributed by atoms with Crippen molar-refractivity contribution in [2.45, 2.75) is 13.3 Å². The Morgan fingerprint density at radius 2 is 2.20 bits per heavy atom. The second-order valence-electron chi connectivity index (χ2n) is 3.92. The van der Waals surface area contributed by atoms with Gasteiger partial charge in [-0.2, -0.15) is 0 Å². The summed E-state index contributed by atoms with van der Waals surface area (Å²) in [5, 5.41) is 0. The molecule has 4 heteroatoms. The molecular formula is C11H17N3O. The van der Waals surface area contributed by atoms with Crippen LogP contribution in [0.3, 0.4) is 0 Å². The molecule has 0 amide bonds. The molecule has 1 heterocycles. The number of aromatic nitrogens is 1. The Hall–Kier alpha value is -1.42. The molecule has 0 radical (unpaired) electrons. The lowest BCUT2D eigenvalue weighted by Crippen LogP contribution is -2.17. The number of ketones is 1. The average molecular weight is 207 g/mol. The minimum Gasteiger partial charge on any atom is -0.383 e. The molecule has 2 N–H and O–H groups in total. The fourth-order valence-electron chi connectivity index (χ4n) is 1.26. The van der Waals surface area contributed by atoms with Crippen molar-refractivity contribution in [3.05, 3.63) is 23.4 Å². The number of nitrogens with two attached hydrogens (primary N) is 1. The Morgan fingerprint density at radius 1 is 1.53 bits per heavy atom. The van der Waals surface area contributed by atoms with Crippen LogP contribution < -0.4 is 5.73 Å². The minimum atomic E-state index is 0.0531. The van der Waals surface area contributed by atoms with Gasteiger partial charge < -0.3 is 10.6 Å². The molecule has 0 aliphatic rings. The maximum atomic E-state index is 11.8. The fourth-order valence-corrected chi connectivity index (χ4v) is 1.26. The Balaban J connectivity index is 2.77. The highest BCUT2D eigenvalue weighted by Gasteiger charge is 2.10. The molecule has 15 heavy (non-hydrogen) atoms. The minimum absolute atomic E-state index is 0.0531. The number of hydrogen-bond donors (Lipinski definition) is 1. The van der Waals surface area contributed by atoms with E-state index < -0.39 is 0 Å². The second-order valence-corrected chi connectivity index (χ2v) is 3.92. The highest BCUT2D eigenvalue weighted by atomic mass is 16.1. The molecule has 0 bridgehead atoms. The molecule has 0 spiro atoms. The van der Waals surface area contributed by atoms with Crippen LogP contribution in [-0.4, -0.2) is 36.3 Å². The maximum Gasteiger partial charge on any atom is 0.167 e. The molecule has 82 valence electrons. The first-order valence-corrected chi connectivity index (χ1v) is 4.90. The van der Waals surface area contributed by atoms with Gasteiger partial charge in [0.1, 0.15) is 5.82 Å². The van der Waals surface area contributed by atoms with Gasteiger partial charge in [-0.05, 0) is 32.6 Å². The lowest BCUT2D eigenvalue weighted by atomic mass is 10.1. The first kappa shape index (κ1) is 11.7. The zero-order valence-corrected chi connectivity index (χ0v) is 9.45. The highest BCUT2D eigenvalue weighted by molar-refractivity contribution is 6.00. The quantitative estimate of drug-likeness (QED) is 0.751. The van der Waals surface area contributed by atoms with Gasteiger partial charge in [-0.3, -0.25) is 4.79 Å². The van der Waals surface area contributed by atoms with E-state index in [9.17, 15) is 4.79 Å². The van der Waals surface area contributed by atoms with Crippen molar-refractivity contribution in [2.24, 2.45) is 0 Å². The lowest BCUT2D eigenvalue weighted by molar-refractivity contribution is 0.0973. The molecule has 0 saturated carbocycles. The van der Waals surface area contributed by atoms with Gasteiger partial charge in [0.2, 0.25) is 0 Å². The third-order valence-electron chi connectivity index (χ3n) is 2.14. The first-order chi connectivity index (χ1) is 7.00. The molecular weight excluding hydrogens is 190 g/mol. The number of aryl methyl sites for hydroxylation is 1. The summed E-state index contributed by atoms with van der Waals surface area (Å²) in [5.41, 5.74) is 7.15. The van der Waals surface area contributed by atoms with Gasteiger partial charge in [-0.1, -0.05) is 0 Å². The van der Waals surface area contributed by atoms with E-state index in [0.717, 1.165) is 12.1 Å². The number of nitrogen functional groups attached to an aromatic ring is 1. The Kier molecular flexibility index (Phi) is 3.80. The number of pyridine rings is 1. The van der Waals surface area contributed by atoms with Crippen LogP contribution in [0.1, 0.15) is 22.3 Å². The van der Waals surface area contributed by atoms with Crippen LogP contribution >= 0.6 is 0 Å². The first-order valence-electron chi connectivity index (χ1n) is 4.90. The van der Waals surface area contributed by atoms with E-state index in [1.54, 1.807) is 12.3 Å². The van der Waals surface area contributed by atoms with Crippen molar-refractivity contribution in [1.82, 2.24) is 9.88 Å². The van der Waals surface area contributed by atoms with Crippen LogP contribution in [0.5, 0.6) is 0 Å². The van der Waals surface area contributed by atoms with E-state index >= 15 is 0 Å². The number of carbonyl (C=O) groups is 1. The number of Topliss-reactive ketones (excluding diaryl/α,β-unsaturated/α-hetero) is 1. The molecule has 1 rings (SSSR count). The van der Waals surface area contributed by atoms with E-state index in [1.807, 2.05) is 25.9 Å². The maximum absolute atomic E-state index is 11.8. The van der Waals surface area contributed by atoms with E-state index in [0.29, 0.717) is 17.8 Å². The molecule has 0 aliphatic heterocycles. The van der Waals surface area contributed by atoms with Gasteiger partial charge in [0.25, 0.3) is 0 Å². The molecule has 0 fully saturated rings. The average Bonchev–Trinajstić information content (AvgIpc) is 2.18. The van der Waals surface area contributed by atoms with Crippen LogP contribution in [0.4, 0.5) is 5.82 Å². The van der Waals surface area contributed by atoms with Gasteiger partial charge in [0.05, 0.1) is 5.56 Å². The van der Waals surface area contributed by atoms with Crippen molar-refractivity contribution in [3.63, 3.8) is 0 Å². The Bertz CT molecular complexity index is 361. The Labute approximate surface area is 90.1 Å². The molecule has 0 atom stereocenters. The van der Waals surface area contributed by atoms with Crippen molar-refractivity contribution in [3.8, 4) is 0 Å². The number of anilines is 1. The van der Waals surface area contributed by atoms with Crippen molar-refractivity contribution < 1.29 is 4.79 Å². The van der Waals surface area contributed by atoms with Crippen molar-refractivity contribution in [2.75, 3.05) is 26.4 Å². The smallest absolute Gasteiger partial charge is 0.167 e. The van der Waals surface area contributed by atoms with E-state index in [4.69, 9.17) is 5.73 Å². The SMILES string of the molecule is Cc1cnc(N)c(C(=O)CCN(C)C)c1. The van der Waals surface area contributed by atoms with E-state index in [1.165, 1.54) is 0 Å². The molecule has 1 aromatic rings. The molecule has 4 nitrogen and oxygen atoms in total. The molecule has 0 saturated heterocycles. The standard InChI is InChI=1S/C11H17N3O/c1-8-6-9(11(12)13-7-8)10(15)4-5-14(2)3/h6-7H,4-5H2,1-3H3,(H2,12,13). The van der Waals surface area contributed by atoms with Crippen LogP contribution in [0.2, 0.25) is 0 Å². The number of hydrogen-bond acceptors (Lipinski definition) is 4. The van der Waals surface area contributed by atoms with Crippen LogP contribution in [-0.2, 0) is 0 Å². The van der Waals surface area contributed by atoms with E-state index in [-0.39, 0.29) is 5.78 Å². The second kappa shape index (κ2) is 4.89. The van der Waals surface area contributed by atoms with E-state index in [2.05, 4.69) is 4.98 Å². The topological polar surface area (TPSA) is 59.2 Å². The number of nitrogens with zero attached hydrogens (tertiary/aromatic N) is 2. The third-order valence-corrected chi connectivity index (χ3v) is 2.14. The van der Waals surface area contributed by atoms with Crippen molar-refractivity contribution in [1.29, 1.82) is 0 Å². The largest absolute Gasteiger partial charge is 0.383 e.